The molecule has 0 atom stereocenters. The van der Waals surface area contributed by atoms with Crippen molar-refractivity contribution in [3.8, 4) is 0 Å². The Kier molecular flexibility index (Phi) is 6.46. The van der Waals surface area contributed by atoms with Crippen molar-refractivity contribution in [1.82, 2.24) is 14.7 Å². The van der Waals surface area contributed by atoms with Crippen molar-refractivity contribution in [2.45, 2.75) is 6.92 Å². The second kappa shape index (κ2) is 8.82. The summed E-state index contributed by atoms with van der Waals surface area (Å²) in [6.07, 6.45) is 3.86. The monoisotopic (exact) mass is 401 g/mol. The Morgan fingerprint density at radius 3 is 2.52 bits per heavy atom. The zero-order chi connectivity index (χ0) is 19.4. The zero-order valence-corrected chi connectivity index (χ0v) is 17.2. The molecule has 2 saturated heterocycles. The number of hydrogen-bond acceptors (Lipinski definition) is 5. The van der Waals surface area contributed by atoms with Crippen LogP contribution in [0.4, 0.5) is 0 Å². The number of rotatable bonds is 4. The summed E-state index contributed by atoms with van der Waals surface area (Å²) in [7, 11) is 2.04. The van der Waals surface area contributed by atoms with Crippen LogP contribution in [0, 0.1) is 0 Å². The van der Waals surface area contributed by atoms with Crippen LogP contribution in [0.15, 0.2) is 46.9 Å². The number of allylic oxidation sites excluding steroid dienone is 2. The van der Waals surface area contributed by atoms with Crippen LogP contribution in [0.25, 0.3) is 6.08 Å². The molecule has 0 unspecified atom stereocenters. The molecule has 0 radical (unpaired) electrons. The van der Waals surface area contributed by atoms with E-state index in [1.807, 2.05) is 61.4 Å². The minimum absolute atomic E-state index is 0.0210. The lowest BCUT2D eigenvalue weighted by Crippen LogP contribution is -2.50. The van der Waals surface area contributed by atoms with E-state index in [0.717, 1.165) is 24.2 Å². The summed E-state index contributed by atoms with van der Waals surface area (Å²) in [5, 5.41) is 0. The molecule has 5 nitrogen and oxygen atoms in total. The molecule has 7 heteroatoms. The van der Waals surface area contributed by atoms with E-state index in [0.29, 0.717) is 22.3 Å². The van der Waals surface area contributed by atoms with Gasteiger partial charge in [0, 0.05) is 26.2 Å². The Morgan fingerprint density at radius 2 is 1.85 bits per heavy atom. The van der Waals surface area contributed by atoms with Gasteiger partial charge in [0.05, 0.1) is 4.91 Å². The maximum Gasteiger partial charge on any atom is 0.266 e. The van der Waals surface area contributed by atoms with Crippen LogP contribution in [-0.2, 0) is 9.59 Å². The van der Waals surface area contributed by atoms with E-state index in [2.05, 4.69) is 4.90 Å². The van der Waals surface area contributed by atoms with E-state index >= 15 is 0 Å². The largest absolute Gasteiger partial charge is 0.339 e. The molecule has 0 aromatic heterocycles. The normalized spacial score (nSPS) is 20.7. The predicted molar refractivity (Wildman–Crippen MR) is 114 cm³/mol. The van der Waals surface area contributed by atoms with Gasteiger partial charge in [-0.1, -0.05) is 60.4 Å². The Labute approximate surface area is 169 Å². The van der Waals surface area contributed by atoms with Crippen molar-refractivity contribution in [1.29, 1.82) is 0 Å². The van der Waals surface area contributed by atoms with Gasteiger partial charge in [0.2, 0.25) is 5.91 Å². The second-order valence-electron chi connectivity index (χ2n) is 6.75. The summed E-state index contributed by atoms with van der Waals surface area (Å²) < 4.78 is 0.446. The van der Waals surface area contributed by atoms with Crippen LogP contribution in [-0.4, -0.2) is 70.6 Å². The first-order valence-corrected chi connectivity index (χ1v) is 10.1. The number of likely N-dealkylation sites (N-methyl/N-ethyl adjacent to an activating group) is 1. The Hall–Kier alpha value is -1.96. The van der Waals surface area contributed by atoms with Gasteiger partial charge in [-0.15, -0.1) is 0 Å². The molecule has 2 amide bonds. The molecule has 0 spiro atoms. The zero-order valence-electron chi connectivity index (χ0n) is 15.6. The van der Waals surface area contributed by atoms with Crippen LogP contribution in [0.5, 0.6) is 0 Å². The number of amides is 2. The van der Waals surface area contributed by atoms with E-state index in [-0.39, 0.29) is 18.4 Å². The highest BCUT2D eigenvalue weighted by atomic mass is 32.2. The molecular weight excluding hydrogens is 378 g/mol. The van der Waals surface area contributed by atoms with E-state index in [1.165, 1.54) is 16.7 Å². The quantitative estimate of drug-likeness (QED) is 0.573. The summed E-state index contributed by atoms with van der Waals surface area (Å²) in [5.41, 5.74) is 2.04. The minimum atomic E-state index is -0.187. The molecule has 2 heterocycles. The predicted octanol–water partition coefficient (Wildman–Crippen LogP) is 2.61. The summed E-state index contributed by atoms with van der Waals surface area (Å²) in [6, 6.07) is 9.94. The van der Waals surface area contributed by atoms with Crippen LogP contribution in [0.3, 0.4) is 0 Å². The average Bonchev–Trinajstić information content (AvgIpc) is 2.90. The van der Waals surface area contributed by atoms with E-state index in [4.69, 9.17) is 12.2 Å². The van der Waals surface area contributed by atoms with E-state index in [1.54, 1.807) is 0 Å². The number of benzene rings is 1. The maximum absolute atomic E-state index is 12.7. The molecule has 1 aromatic carbocycles. The summed E-state index contributed by atoms with van der Waals surface area (Å²) in [5.74, 6) is -0.231. The van der Waals surface area contributed by atoms with Gasteiger partial charge in [-0.05, 0) is 31.2 Å². The van der Waals surface area contributed by atoms with Gasteiger partial charge in [-0.3, -0.25) is 14.5 Å². The first kappa shape index (κ1) is 19.8. The first-order valence-electron chi connectivity index (χ1n) is 8.89. The van der Waals surface area contributed by atoms with Crippen LogP contribution in [0.2, 0.25) is 0 Å². The average molecular weight is 402 g/mol. The lowest BCUT2D eigenvalue weighted by atomic mass is 10.1. The molecule has 2 aliphatic rings. The topological polar surface area (TPSA) is 43.9 Å². The first-order chi connectivity index (χ1) is 12.9. The van der Waals surface area contributed by atoms with E-state index in [9.17, 15) is 9.59 Å². The van der Waals surface area contributed by atoms with Crippen molar-refractivity contribution in [2.24, 2.45) is 0 Å². The third kappa shape index (κ3) is 5.06. The minimum Gasteiger partial charge on any atom is -0.339 e. The number of hydrogen-bond donors (Lipinski definition) is 0. The Bertz CT molecular complexity index is 797. The van der Waals surface area contributed by atoms with Gasteiger partial charge >= 0.3 is 0 Å². The van der Waals surface area contributed by atoms with Crippen molar-refractivity contribution in [2.75, 3.05) is 39.8 Å². The molecule has 0 N–H and O–H groups in total. The summed E-state index contributed by atoms with van der Waals surface area (Å²) >= 11 is 6.60. The summed E-state index contributed by atoms with van der Waals surface area (Å²) in [4.78, 5) is 31.2. The van der Waals surface area contributed by atoms with Crippen LogP contribution < -0.4 is 0 Å². The van der Waals surface area contributed by atoms with Gasteiger partial charge in [-0.25, -0.2) is 0 Å². The fourth-order valence-corrected chi connectivity index (χ4v) is 4.29. The summed E-state index contributed by atoms with van der Waals surface area (Å²) in [6.45, 7) is 5.07. The highest BCUT2D eigenvalue weighted by Crippen LogP contribution is 2.32. The van der Waals surface area contributed by atoms with Crippen molar-refractivity contribution < 1.29 is 9.59 Å². The molecule has 142 valence electrons. The molecule has 1 aromatic rings. The number of piperazine rings is 1. The number of thioether (sulfide) groups is 1. The van der Waals surface area contributed by atoms with Gasteiger partial charge in [0.1, 0.15) is 10.9 Å². The third-order valence-electron chi connectivity index (χ3n) is 4.58. The van der Waals surface area contributed by atoms with Crippen molar-refractivity contribution in [3.63, 3.8) is 0 Å². The van der Waals surface area contributed by atoms with Crippen molar-refractivity contribution >= 4 is 46.2 Å². The Balaban J connectivity index is 1.66. The molecular formula is C20H23N3O2S2. The molecule has 3 rings (SSSR count). The smallest absolute Gasteiger partial charge is 0.266 e. The SMILES string of the molecule is CC(/C=C1\SC(=S)N(CC(=O)N2CCN(C)CC2)C1=O)=C\c1ccccc1. The lowest BCUT2D eigenvalue weighted by Gasteiger charge is -2.33. The van der Waals surface area contributed by atoms with Crippen LogP contribution in [0.1, 0.15) is 12.5 Å². The van der Waals surface area contributed by atoms with E-state index < -0.39 is 0 Å². The molecule has 2 fully saturated rings. The number of carbonyl (C=O) groups is 2. The van der Waals surface area contributed by atoms with Gasteiger partial charge < -0.3 is 9.80 Å². The van der Waals surface area contributed by atoms with Gasteiger partial charge in [0.25, 0.3) is 5.91 Å². The molecule has 0 aliphatic carbocycles. The fourth-order valence-electron chi connectivity index (χ4n) is 2.99. The van der Waals surface area contributed by atoms with Crippen LogP contribution >= 0.6 is 24.0 Å². The standard InChI is InChI=1S/C20H23N3O2S2/c1-15(12-16-6-4-3-5-7-16)13-17-19(25)23(20(26)27-17)14-18(24)22-10-8-21(2)9-11-22/h3-7,12-13H,8-11,14H2,1-2H3/b15-12+,17-13-. The van der Waals surface area contributed by atoms with Gasteiger partial charge in [-0.2, -0.15) is 0 Å². The van der Waals surface area contributed by atoms with Gasteiger partial charge in [0.15, 0.2) is 0 Å². The molecule has 27 heavy (non-hydrogen) atoms. The fraction of sp³-hybridized carbons (Fsp3) is 0.350. The lowest BCUT2D eigenvalue weighted by molar-refractivity contribution is -0.136. The maximum atomic E-state index is 12.7. The third-order valence-corrected chi connectivity index (χ3v) is 5.95. The molecule has 0 saturated carbocycles. The number of thiocarbonyl (C=S) groups is 1. The Morgan fingerprint density at radius 1 is 1.19 bits per heavy atom. The number of carbonyl (C=O) groups excluding carboxylic acids is 2. The second-order valence-corrected chi connectivity index (χ2v) is 8.43. The number of nitrogens with zero attached hydrogens (tertiary/aromatic N) is 3. The highest BCUT2D eigenvalue weighted by molar-refractivity contribution is 8.26. The molecule has 0 bridgehead atoms. The molecule has 2 aliphatic heterocycles. The van der Waals surface area contributed by atoms with Crippen molar-refractivity contribution in [3.05, 3.63) is 52.4 Å². The highest BCUT2D eigenvalue weighted by Gasteiger charge is 2.34.